The van der Waals surface area contributed by atoms with Crippen molar-refractivity contribution in [1.82, 2.24) is 5.32 Å². The molecule has 2 aliphatic heterocycles. The molecule has 1 saturated heterocycles. The lowest BCUT2D eigenvalue weighted by atomic mass is 9.98. The van der Waals surface area contributed by atoms with E-state index >= 15 is 0 Å². The lowest BCUT2D eigenvalue weighted by molar-refractivity contribution is 0.207. The highest BCUT2D eigenvalue weighted by Gasteiger charge is 2.29. The predicted molar refractivity (Wildman–Crippen MR) is 72.9 cm³/mol. The van der Waals surface area contributed by atoms with E-state index in [0.717, 1.165) is 38.4 Å². The molecule has 1 unspecified atom stereocenters. The highest BCUT2D eigenvalue weighted by molar-refractivity contribution is 5.80. The van der Waals surface area contributed by atoms with Gasteiger partial charge in [0, 0.05) is 5.92 Å². The molecule has 0 bridgehead atoms. The number of nitrogens with one attached hydrogen (secondary N) is 1. The monoisotopic (exact) mass is 244 g/mol. The number of hydrogen-bond donors (Lipinski definition) is 1. The Morgan fingerprint density at radius 2 is 2.00 bits per heavy atom. The summed E-state index contributed by atoms with van der Waals surface area (Å²) in [6.45, 7) is 5.09. The molecule has 2 heterocycles. The molecule has 0 saturated carbocycles. The van der Waals surface area contributed by atoms with Crippen molar-refractivity contribution in [3.63, 3.8) is 0 Å². The second-order valence-electron chi connectivity index (χ2n) is 5.17. The van der Waals surface area contributed by atoms with Gasteiger partial charge in [0.1, 0.15) is 6.10 Å². The first-order valence-electron chi connectivity index (χ1n) is 6.82. The van der Waals surface area contributed by atoms with Crippen molar-refractivity contribution in [1.29, 1.82) is 0 Å². The number of rotatable bonds is 2. The summed E-state index contributed by atoms with van der Waals surface area (Å²) < 4.78 is 6.09. The van der Waals surface area contributed by atoms with Crippen molar-refractivity contribution in [2.24, 2.45) is 10.9 Å². The van der Waals surface area contributed by atoms with Gasteiger partial charge >= 0.3 is 0 Å². The second-order valence-corrected chi connectivity index (χ2v) is 5.17. The maximum Gasteiger partial charge on any atom is 0.187 e. The fourth-order valence-corrected chi connectivity index (χ4v) is 2.80. The van der Waals surface area contributed by atoms with Gasteiger partial charge in [-0.25, -0.2) is 0 Å². The summed E-state index contributed by atoms with van der Waals surface area (Å²) >= 11 is 0. The topological polar surface area (TPSA) is 33.6 Å². The number of aliphatic imine (C=N–C) groups is 1. The van der Waals surface area contributed by atoms with Crippen molar-refractivity contribution in [3.8, 4) is 0 Å². The molecule has 3 rings (SSSR count). The largest absolute Gasteiger partial charge is 0.471 e. The summed E-state index contributed by atoms with van der Waals surface area (Å²) in [5, 5.41) is 3.38. The third-order valence-electron chi connectivity index (χ3n) is 3.90. The van der Waals surface area contributed by atoms with Crippen LogP contribution in [0.4, 0.5) is 0 Å². The Morgan fingerprint density at radius 3 is 2.78 bits per heavy atom. The third kappa shape index (κ3) is 2.27. The molecular formula is C15H20N2O. The molecule has 3 heteroatoms. The van der Waals surface area contributed by atoms with Crippen LogP contribution in [0.25, 0.3) is 0 Å². The van der Waals surface area contributed by atoms with Crippen LogP contribution in [-0.2, 0) is 4.74 Å². The number of hydrogen-bond acceptors (Lipinski definition) is 3. The molecule has 1 N–H and O–H groups in total. The van der Waals surface area contributed by atoms with E-state index < -0.39 is 0 Å². The molecule has 1 fully saturated rings. The third-order valence-corrected chi connectivity index (χ3v) is 3.90. The average Bonchev–Trinajstić information content (AvgIpc) is 2.90. The Bertz CT molecular complexity index is 450. The van der Waals surface area contributed by atoms with Crippen molar-refractivity contribution in [2.45, 2.75) is 25.9 Å². The summed E-state index contributed by atoms with van der Waals surface area (Å²) in [6.07, 6.45) is 2.44. The van der Waals surface area contributed by atoms with Crippen LogP contribution in [0, 0.1) is 12.8 Å². The van der Waals surface area contributed by atoms with Gasteiger partial charge in [0.2, 0.25) is 0 Å². The smallest absolute Gasteiger partial charge is 0.187 e. The van der Waals surface area contributed by atoms with Gasteiger partial charge in [-0.15, -0.1) is 0 Å². The summed E-state index contributed by atoms with van der Waals surface area (Å²) in [4.78, 5) is 4.62. The van der Waals surface area contributed by atoms with E-state index in [1.807, 2.05) is 0 Å². The Kier molecular flexibility index (Phi) is 3.33. The molecule has 1 aromatic rings. The molecular weight excluding hydrogens is 224 g/mol. The van der Waals surface area contributed by atoms with Crippen LogP contribution < -0.4 is 5.32 Å². The van der Waals surface area contributed by atoms with Gasteiger partial charge in [-0.2, -0.15) is 0 Å². The lowest BCUT2D eigenvalue weighted by Crippen LogP contribution is -2.32. The first kappa shape index (κ1) is 11.7. The Hall–Kier alpha value is -1.35. The molecule has 18 heavy (non-hydrogen) atoms. The van der Waals surface area contributed by atoms with Gasteiger partial charge in [0.25, 0.3) is 0 Å². The van der Waals surface area contributed by atoms with E-state index in [0.29, 0.717) is 5.92 Å². The average molecular weight is 244 g/mol. The standard InChI is InChI=1S/C15H20N2O/c1-11-4-2-3-5-13(11)14-10-17-15(18-14)12-6-8-16-9-7-12/h2-5,12,14,16H,6-10H2,1H3. The summed E-state index contributed by atoms with van der Waals surface area (Å²) in [6, 6.07) is 8.44. The van der Waals surface area contributed by atoms with Crippen LogP contribution in [0.5, 0.6) is 0 Å². The molecule has 1 atom stereocenters. The number of ether oxygens (including phenoxy) is 1. The predicted octanol–water partition coefficient (Wildman–Crippen LogP) is 2.46. The van der Waals surface area contributed by atoms with Crippen molar-refractivity contribution < 1.29 is 4.74 Å². The minimum Gasteiger partial charge on any atom is -0.471 e. The molecule has 0 spiro atoms. The first-order chi connectivity index (χ1) is 8.84. The number of aryl methyl sites for hydroxylation is 1. The zero-order valence-corrected chi connectivity index (χ0v) is 10.9. The van der Waals surface area contributed by atoms with Crippen molar-refractivity contribution in [3.05, 3.63) is 35.4 Å². The molecule has 2 aliphatic rings. The van der Waals surface area contributed by atoms with Crippen LogP contribution in [0.2, 0.25) is 0 Å². The van der Waals surface area contributed by atoms with Crippen LogP contribution in [-0.4, -0.2) is 25.5 Å². The highest BCUT2D eigenvalue weighted by atomic mass is 16.5. The minimum atomic E-state index is 0.135. The molecule has 0 aromatic heterocycles. The van der Waals surface area contributed by atoms with Crippen molar-refractivity contribution in [2.75, 3.05) is 19.6 Å². The van der Waals surface area contributed by atoms with E-state index in [9.17, 15) is 0 Å². The van der Waals surface area contributed by atoms with E-state index in [-0.39, 0.29) is 6.10 Å². The normalized spacial score (nSPS) is 24.7. The molecule has 3 nitrogen and oxygen atoms in total. The Morgan fingerprint density at radius 1 is 1.22 bits per heavy atom. The highest BCUT2D eigenvalue weighted by Crippen LogP contribution is 2.29. The summed E-state index contributed by atoms with van der Waals surface area (Å²) in [5.74, 6) is 1.52. The van der Waals surface area contributed by atoms with Gasteiger partial charge in [-0.1, -0.05) is 24.3 Å². The van der Waals surface area contributed by atoms with Crippen molar-refractivity contribution >= 4 is 5.90 Å². The Labute approximate surface area is 108 Å². The van der Waals surface area contributed by atoms with Crippen LogP contribution in [0.15, 0.2) is 29.3 Å². The number of benzene rings is 1. The second kappa shape index (κ2) is 5.11. The van der Waals surface area contributed by atoms with E-state index in [4.69, 9.17) is 4.74 Å². The summed E-state index contributed by atoms with van der Waals surface area (Å²) in [5.41, 5.74) is 2.58. The van der Waals surface area contributed by atoms with E-state index in [1.165, 1.54) is 11.1 Å². The fraction of sp³-hybridized carbons (Fsp3) is 0.533. The zero-order chi connectivity index (χ0) is 12.4. The molecule has 0 radical (unpaired) electrons. The van der Waals surface area contributed by atoms with Gasteiger partial charge in [-0.05, 0) is 44.0 Å². The number of piperidine rings is 1. The zero-order valence-electron chi connectivity index (χ0n) is 10.9. The summed E-state index contributed by atoms with van der Waals surface area (Å²) in [7, 11) is 0. The van der Waals surface area contributed by atoms with E-state index in [2.05, 4.69) is 41.5 Å². The van der Waals surface area contributed by atoms with Crippen LogP contribution in [0.1, 0.15) is 30.1 Å². The van der Waals surface area contributed by atoms with Gasteiger partial charge < -0.3 is 10.1 Å². The van der Waals surface area contributed by atoms with Gasteiger partial charge in [0.15, 0.2) is 5.90 Å². The Balaban J connectivity index is 1.68. The number of nitrogens with zero attached hydrogens (tertiary/aromatic N) is 1. The first-order valence-corrected chi connectivity index (χ1v) is 6.82. The van der Waals surface area contributed by atoms with E-state index in [1.54, 1.807) is 0 Å². The van der Waals surface area contributed by atoms with Gasteiger partial charge in [-0.3, -0.25) is 4.99 Å². The maximum atomic E-state index is 6.09. The fourth-order valence-electron chi connectivity index (χ4n) is 2.80. The minimum absolute atomic E-state index is 0.135. The molecule has 96 valence electrons. The molecule has 0 amide bonds. The SMILES string of the molecule is Cc1ccccc1C1CN=C(C2CCNCC2)O1. The van der Waals surface area contributed by atoms with Crippen LogP contribution in [0.3, 0.4) is 0 Å². The quantitative estimate of drug-likeness (QED) is 0.867. The molecule has 0 aliphatic carbocycles. The van der Waals surface area contributed by atoms with Gasteiger partial charge in [0.05, 0.1) is 6.54 Å². The maximum absolute atomic E-state index is 6.09. The lowest BCUT2D eigenvalue weighted by Gasteiger charge is -2.23. The van der Waals surface area contributed by atoms with Crippen LogP contribution >= 0.6 is 0 Å². The molecule has 1 aromatic carbocycles.